The van der Waals surface area contributed by atoms with Crippen molar-refractivity contribution in [1.82, 2.24) is 0 Å². The van der Waals surface area contributed by atoms with Crippen LogP contribution in [0.1, 0.15) is 31.8 Å². The van der Waals surface area contributed by atoms with Crippen molar-refractivity contribution in [3.05, 3.63) is 131 Å². The number of benzene rings is 4. The van der Waals surface area contributed by atoms with Gasteiger partial charge in [-0.15, -0.1) is 0 Å². The molecule has 1 amide bonds. The fourth-order valence-electron chi connectivity index (χ4n) is 6.90. The molecule has 7 rings (SSSR count). The molecule has 0 saturated carbocycles. The molecule has 1 spiro atoms. The largest absolute Gasteiger partial charge is 0.497 e. The SMILES string of the molecule is COc1cccc(C(=O)[C@@H]2[C@@H](C(=O)c3ccccc3F)N3c4ccccc4C=C[C@@H]3[C@]23C(=O)Nc2ccccc23)c1. The number of anilines is 2. The van der Waals surface area contributed by atoms with Crippen LogP contribution >= 0.6 is 0 Å². The lowest BCUT2D eigenvalue weighted by Crippen LogP contribution is -2.51. The van der Waals surface area contributed by atoms with Crippen molar-refractivity contribution in [2.45, 2.75) is 17.5 Å². The molecule has 0 bridgehead atoms. The lowest BCUT2D eigenvalue weighted by Gasteiger charge is -2.37. The quantitative estimate of drug-likeness (QED) is 0.327. The monoisotopic (exact) mass is 544 g/mol. The van der Waals surface area contributed by atoms with Crippen LogP contribution < -0.4 is 15.0 Å². The Bertz CT molecular complexity index is 1780. The first-order chi connectivity index (χ1) is 20.0. The molecule has 3 aliphatic rings. The molecule has 202 valence electrons. The first-order valence-corrected chi connectivity index (χ1v) is 13.4. The fourth-order valence-corrected chi connectivity index (χ4v) is 6.90. The van der Waals surface area contributed by atoms with Gasteiger partial charge in [0.25, 0.3) is 0 Å². The van der Waals surface area contributed by atoms with Crippen LogP contribution in [-0.2, 0) is 10.2 Å². The van der Waals surface area contributed by atoms with Gasteiger partial charge >= 0.3 is 0 Å². The zero-order chi connectivity index (χ0) is 28.3. The van der Waals surface area contributed by atoms with Gasteiger partial charge < -0.3 is 15.0 Å². The van der Waals surface area contributed by atoms with Crippen molar-refractivity contribution in [2.24, 2.45) is 5.92 Å². The Balaban J connectivity index is 1.55. The molecule has 1 fully saturated rings. The standard InChI is InChI=1S/C34H25FN2O4/c1-41-22-11-8-10-21(19-22)31(38)29-30(32(39)23-12-3-5-14-25(23)35)37-27-16-7-2-9-20(27)17-18-28(37)34(29)24-13-4-6-15-26(24)36-33(34)40/h2-19,28-30H,1H3,(H,36,40)/t28-,29+,30+,34+/m1/s1. The number of hydrogen-bond donors (Lipinski definition) is 1. The number of ketones is 2. The summed E-state index contributed by atoms with van der Waals surface area (Å²) in [6.45, 7) is 0. The summed E-state index contributed by atoms with van der Waals surface area (Å²) in [6, 6.07) is 25.4. The molecule has 1 saturated heterocycles. The highest BCUT2D eigenvalue weighted by Gasteiger charge is 2.70. The van der Waals surface area contributed by atoms with Gasteiger partial charge in [0, 0.05) is 16.9 Å². The van der Waals surface area contributed by atoms with Gasteiger partial charge in [-0.3, -0.25) is 14.4 Å². The molecule has 0 unspecified atom stereocenters. The third kappa shape index (κ3) is 3.45. The highest BCUT2D eigenvalue weighted by atomic mass is 19.1. The van der Waals surface area contributed by atoms with E-state index in [0.717, 1.165) is 5.56 Å². The molecule has 0 aromatic heterocycles. The van der Waals surface area contributed by atoms with E-state index >= 15 is 4.39 Å². The van der Waals surface area contributed by atoms with Gasteiger partial charge in [0.05, 0.1) is 24.6 Å². The van der Waals surface area contributed by atoms with E-state index in [1.807, 2.05) is 59.5 Å². The van der Waals surface area contributed by atoms with Crippen LogP contribution in [0.25, 0.3) is 6.08 Å². The van der Waals surface area contributed by atoms with E-state index in [2.05, 4.69) is 5.32 Å². The molecule has 6 nitrogen and oxygen atoms in total. The second-order valence-corrected chi connectivity index (χ2v) is 10.5. The maximum Gasteiger partial charge on any atom is 0.238 e. The first kappa shape index (κ1) is 25.0. The molecular formula is C34H25FN2O4. The summed E-state index contributed by atoms with van der Waals surface area (Å²) in [6.07, 6.45) is 3.82. The Hall–Kier alpha value is -5.04. The van der Waals surface area contributed by atoms with Crippen molar-refractivity contribution in [2.75, 3.05) is 17.3 Å². The van der Waals surface area contributed by atoms with Crippen LogP contribution in [-0.4, -0.2) is 36.7 Å². The molecule has 41 heavy (non-hydrogen) atoms. The third-order valence-corrected chi connectivity index (χ3v) is 8.59. The second-order valence-electron chi connectivity index (χ2n) is 10.5. The summed E-state index contributed by atoms with van der Waals surface area (Å²) in [4.78, 5) is 45.5. The van der Waals surface area contributed by atoms with Gasteiger partial charge in [0.2, 0.25) is 5.91 Å². The summed E-state index contributed by atoms with van der Waals surface area (Å²) in [5.41, 5.74) is 1.47. The Morgan fingerprint density at radius 3 is 2.49 bits per heavy atom. The van der Waals surface area contributed by atoms with Gasteiger partial charge in [-0.05, 0) is 47.5 Å². The third-order valence-electron chi connectivity index (χ3n) is 8.59. The number of hydrogen-bond acceptors (Lipinski definition) is 5. The van der Waals surface area contributed by atoms with Gasteiger partial charge in [-0.25, -0.2) is 4.39 Å². The molecule has 0 radical (unpaired) electrons. The van der Waals surface area contributed by atoms with Gasteiger partial charge in [0.1, 0.15) is 23.0 Å². The lowest BCUT2D eigenvalue weighted by molar-refractivity contribution is -0.121. The maximum atomic E-state index is 15.2. The number of nitrogens with one attached hydrogen (secondary N) is 1. The average molecular weight is 545 g/mol. The minimum atomic E-state index is -1.47. The Morgan fingerprint density at radius 2 is 1.66 bits per heavy atom. The van der Waals surface area contributed by atoms with E-state index in [1.165, 1.54) is 25.3 Å². The summed E-state index contributed by atoms with van der Waals surface area (Å²) >= 11 is 0. The van der Waals surface area contributed by atoms with Crippen LogP contribution in [0, 0.1) is 11.7 Å². The van der Waals surface area contributed by atoms with Gasteiger partial charge in [-0.2, -0.15) is 0 Å². The number of para-hydroxylation sites is 2. The topological polar surface area (TPSA) is 75.7 Å². The number of halogens is 1. The van der Waals surface area contributed by atoms with E-state index in [-0.39, 0.29) is 11.5 Å². The number of Topliss-reactive ketones (excluding diaryl/α,β-unsaturated/α-hetero) is 2. The summed E-state index contributed by atoms with van der Waals surface area (Å²) < 4.78 is 20.6. The zero-order valence-electron chi connectivity index (χ0n) is 22.1. The fraction of sp³-hybridized carbons (Fsp3) is 0.147. The summed E-state index contributed by atoms with van der Waals surface area (Å²) in [5, 5.41) is 2.99. The van der Waals surface area contributed by atoms with Crippen molar-refractivity contribution in [3.8, 4) is 5.75 Å². The summed E-state index contributed by atoms with van der Waals surface area (Å²) in [7, 11) is 1.51. The Labute approximate surface area is 236 Å². The van der Waals surface area contributed by atoms with E-state index in [1.54, 1.807) is 36.4 Å². The molecular weight excluding hydrogens is 519 g/mol. The normalized spacial score (nSPS) is 23.5. The predicted octanol–water partition coefficient (Wildman–Crippen LogP) is 5.69. The van der Waals surface area contributed by atoms with Gasteiger partial charge in [0.15, 0.2) is 11.6 Å². The number of carbonyl (C=O) groups excluding carboxylic acids is 3. The maximum absolute atomic E-state index is 15.2. The molecule has 4 aromatic rings. The molecule has 3 aliphatic heterocycles. The molecule has 3 heterocycles. The van der Waals surface area contributed by atoms with E-state index in [9.17, 15) is 14.4 Å². The number of nitrogens with zero attached hydrogens (tertiary/aromatic N) is 1. The number of methoxy groups -OCH3 is 1. The molecule has 0 aliphatic carbocycles. The van der Waals surface area contributed by atoms with Crippen LogP contribution in [0.2, 0.25) is 0 Å². The van der Waals surface area contributed by atoms with E-state index < -0.39 is 40.8 Å². The lowest BCUT2D eigenvalue weighted by atomic mass is 9.64. The zero-order valence-corrected chi connectivity index (χ0v) is 22.1. The van der Waals surface area contributed by atoms with Crippen molar-refractivity contribution < 1.29 is 23.5 Å². The number of amides is 1. The highest BCUT2D eigenvalue weighted by Crippen LogP contribution is 2.58. The van der Waals surface area contributed by atoms with Crippen LogP contribution in [0.3, 0.4) is 0 Å². The minimum absolute atomic E-state index is 0.129. The number of carbonyl (C=O) groups is 3. The molecule has 7 heteroatoms. The minimum Gasteiger partial charge on any atom is -0.497 e. The Kier molecular flexibility index (Phi) is 5.64. The average Bonchev–Trinajstić information content (AvgIpc) is 3.49. The smallest absolute Gasteiger partial charge is 0.238 e. The first-order valence-electron chi connectivity index (χ1n) is 13.4. The van der Waals surface area contributed by atoms with Crippen LogP contribution in [0.15, 0.2) is 103 Å². The van der Waals surface area contributed by atoms with Crippen LogP contribution in [0.5, 0.6) is 5.75 Å². The Morgan fingerprint density at radius 1 is 0.902 bits per heavy atom. The molecule has 1 N–H and O–H groups in total. The predicted molar refractivity (Wildman–Crippen MR) is 154 cm³/mol. The van der Waals surface area contributed by atoms with Gasteiger partial charge in [-0.1, -0.05) is 72.8 Å². The number of fused-ring (bicyclic) bond motifs is 6. The number of rotatable bonds is 5. The second kappa shape index (κ2) is 9.27. The molecule has 4 atom stereocenters. The summed E-state index contributed by atoms with van der Waals surface area (Å²) in [5.74, 6) is -2.73. The number of ether oxygens (including phenoxy) is 1. The van der Waals surface area contributed by atoms with Crippen molar-refractivity contribution in [3.63, 3.8) is 0 Å². The van der Waals surface area contributed by atoms with Crippen molar-refractivity contribution >= 4 is 34.9 Å². The van der Waals surface area contributed by atoms with Crippen molar-refractivity contribution in [1.29, 1.82) is 0 Å². The van der Waals surface area contributed by atoms with E-state index in [4.69, 9.17) is 4.74 Å². The highest BCUT2D eigenvalue weighted by molar-refractivity contribution is 6.18. The van der Waals surface area contributed by atoms with E-state index in [0.29, 0.717) is 28.3 Å². The van der Waals surface area contributed by atoms with Crippen LogP contribution in [0.4, 0.5) is 15.8 Å². The molecule has 4 aromatic carbocycles.